The summed E-state index contributed by atoms with van der Waals surface area (Å²) in [7, 11) is 0. The van der Waals surface area contributed by atoms with Crippen LogP contribution in [0, 0.1) is 0 Å². The van der Waals surface area contributed by atoms with Crippen molar-refractivity contribution in [2.75, 3.05) is 6.54 Å². The van der Waals surface area contributed by atoms with Crippen LogP contribution in [0.3, 0.4) is 0 Å². The molecule has 3 N–H and O–H groups in total. The summed E-state index contributed by atoms with van der Waals surface area (Å²) in [6, 6.07) is 4.14. The highest BCUT2D eigenvalue weighted by molar-refractivity contribution is 8.93. The predicted octanol–water partition coefficient (Wildman–Crippen LogP) is 2.07. The van der Waals surface area contributed by atoms with Crippen LogP contribution in [0.1, 0.15) is 29.9 Å². The maximum atomic E-state index is 9.79. The van der Waals surface area contributed by atoms with Gasteiger partial charge in [0.25, 0.3) is 0 Å². The van der Waals surface area contributed by atoms with Gasteiger partial charge in [0.15, 0.2) is 11.5 Å². The summed E-state index contributed by atoms with van der Waals surface area (Å²) in [5, 5.41) is 22.7. The number of fused-ring (bicyclic) bond motifs is 3. The molecule has 1 heterocycles. The van der Waals surface area contributed by atoms with Crippen molar-refractivity contribution in [1.29, 1.82) is 0 Å². The smallest absolute Gasteiger partial charge is 0.160 e. The van der Waals surface area contributed by atoms with Crippen molar-refractivity contribution >= 4 is 17.0 Å². The second-order valence-electron chi connectivity index (χ2n) is 4.50. The molecule has 1 fully saturated rings. The van der Waals surface area contributed by atoms with Gasteiger partial charge in [0.05, 0.1) is 0 Å². The average molecular weight is 286 g/mol. The first-order valence-corrected chi connectivity index (χ1v) is 5.54. The van der Waals surface area contributed by atoms with Gasteiger partial charge in [0, 0.05) is 17.5 Å². The van der Waals surface area contributed by atoms with Gasteiger partial charge in [-0.2, -0.15) is 0 Å². The van der Waals surface area contributed by atoms with Gasteiger partial charge in [0.1, 0.15) is 0 Å². The maximum absolute atomic E-state index is 9.79. The Bertz CT molecular complexity index is 408. The molecule has 1 aliphatic heterocycles. The molecule has 0 saturated carbocycles. The maximum Gasteiger partial charge on any atom is 0.160 e. The van der Waals surface area contributed by atoms with E-state index in [1.807, 2.05) is 6.07 Å². The number of hydrogen-bond donors (Lipinski definition) is 3. The fourth-order valence-corrected chi connectivity index (χ4v) is 2.99. The summed E-state index contributed by atoms with van der Waals surface area (Å²) >= 11 is 0. The number of hydrogen-bond acceptors (Lipinski definition) is 3. The first-order chi connectivity index (χ1) is 7.27. The van der Waals surface area contributed by atoms with Crippen LogP contribution in [0.2, 0.25) is 0 Å². The molecule has 0 aromatic heterocycles. The number of phenolic OH excluding ortho intramolecular Hbond substituents is 2. The number of nitrogens with one attached hydrogen (secondary N) is 1. The monoisotopic (exact) mass is 285 g/mol. The van der Waals surface area contributed by atoms with E-state index in [0.29, 0.717) is 12.0 Å². The summed E-state index contributed by atoms with van der Waals surface area (Å²) in [5.41, 5.74) is 2.19. The largest absolute Gasteiger partial charge is 0.504 e. The zero-order valence-corrected chi connectivity index (χ0v) is 10.7. The van der Waals surface area contributed by atoms with Crippen molar-refractivity contribution in [2.45, 2.75) is 31.2 Å². The van der Waals surface area contributed by atoms with Gasteiger partial charge in [-0.25, -0.2) is 0 Å². The van der Waals surface area contributed by atoms with E-state index in [4.69, 9.17) is 0 Å². The van der Waals surface area contributed by atoms with Crippen LogP contribution in [0.15, 0.2) is 12.1 Å². The molecule has 3 rings (SSSR count). The van der Waals surface area contributed by atoms with Crippen molar-refractivity contribution in [2.24, 2.45) is 0 Å². The Morgan fingerprint density at radius 2 is 2.00 bits per heavy atom. The van der Waals surface area contributed by atoms with E-state index in [1.165, 1.54) is 5.56 Å². The van der Waals surface area contributed by atoms with Crippen molar-refractivity contribution in [1.82, 2.24) is 5.32 Å². The normalized spacial score (nSPS) is 26.8. The molecule has 0 spiro atoms. The summed E-state index contributed by atoms with van der Waals surface area (Å²) in [6.07, 6.45) is 3.07. The third-order valence-corrected chi connectivity index (χ3v) is 3.75. The Balaban J connectivity index is 0.000000963. The summed E-state index contributed by atoms with van der Waals surface area (Å²) in [4.78, 5) is 0. The first-order valence-electron chi connectivity index (χ1n) is 5.54. The zero-order valence-electron chi connectivity index (χ0n) is 8.94. The van der Waals surface area contributed by atoms with Crippen molar-refractivity contribution in [3.8, 4) is 11.5 Å². The Morgan fingerprint density at radius 1 is 1.19 bits per heavy atom. The highest BCUT2D eigenvalue weighted by atomic mass is 79.9. The van der Waals surface area contributed by atoms with Gasteiger partial charge in [-0.15, -0.1) is 17.0 Å². The lowest BCUT2D eigenvalue weighted by atomic mass is 9.79. The fourth-order valence-electron chi connectivity index (χ4n) is 2.99. The molecule has 88 valence electrons. The van der Waals surface area contributed by atoms with E-state index in [1.54, 1.807) is 6.07 Å². The van der Waals surface area contributed by atoms with Crippen molar-refractivity contribution in [3.05, 3.63) is 23.3 Å². The molecular formula is C12H16BrNO2. The number of phenols is 2. The minimum Gasteiger partial charge on any atom is -0.504 e. The molecule has 1 aliphatic carbocycles. The summed E-state index contributed by atoms with van der Waals surface area (Å²) in [6.45, 7) is 1.07. The van der Waals surface area contributed by atoms with Gasteiger partial charge in [-0.1, -0.05) is 6.07 Å². The molecule has 3 nitrogen and oxygen atoms in total. The number of rotatable bonds is 0. The molecule has 1 aromatic rings. The summed E-state index contributed by atoms with van der Waals surface area (Å²) < 4.78 is 0. The SMILES string of the molecule is Br.Oc1ccc2c(c1O)CC[C@@H]1NCC[C@H]21. The third-order valence-electron chi connectivity index (χ3n) is 3.75. The number of aromatic hydroxyl groups is 2. The molecule has 1 saturated heterocycles. The Labute approximate surface area is 105 Å². The molecule has 4 heteroatoms. The molecule has 0 radical (unpaired) electrons. The van der Waals surface area contributed by atoms with Crippen LogP contribution in [0.25, 0.3) is 0 Å². The zero-order chi connectivity index (χ0) is 10.4. The third kappa shape index (κ3) is 1.60. The van der Waals surface area contributed by atoms with Gasteiger partial charge in [-0.05, 0) is 37.4 Å². The molecular weight excluding hydrogens is 270 g/mol. The van der Waals surface area contributed by atoms with E-state index in [9.17, 15) is 10.2 Å². The van der Waals surface area contributed by atoms with Crippen LogP contribution in [0.5, 0.6) is 11.5 Å². The van der Waals surface area contributed by atoms with Gasteiger partial charge in [-0.3, -0.25) is 0 Å². The quantitative estimate of drug-likeness (QED) is 0.640. The Kier molecular flexibility index (Phi) is 3.13. The molecule has 0 amide bonds. The number of halogens is 1. The lowest BCUT2D eigenvalue weighted by molar-refractivity contribution is 0.388. The predicted molar refractivity (Wildman–Crippen MR) is 67.6 cm³/mol. The lowest BCUT2D eigenvalue weighted by Crippen LogP contribution is -2.30. The first kappa shape index (κ1) is 11.7. The van der Waals surface area contributed by atoms with Crippen LogP contribution < -0.4 is 5.32 Å². The van der Waals surface area contributed by atoms with Crippen LogP contribution >= 0.6 is 17.0 Å². The van der Waals surface area contributed by atoms with Crippen LogP contribution in [-0.2, 0) is 6.42 Å². The lowest BCUT2D eigenvalue weighted by Gasteiger charge is -2.28. The van der Waals surface area contributed by atoms with Crippen molar-refractivity contribution < 1.29 is 10.2 Å². The molecule has 0 bridgehead atoms. The minimum absolute atomic E-state index is 0. The van der Waals surface area contributed by atoms with Gasteiger partial charge >= 0.3 is 0 Å². The topological polar surface area (TPSA) is 52.5 Å². The molecule has 2 aliphatic rings. The number of benzene rings is 1. The van der Waals surface area contributed by atoms with E-state index < -0.39 is 0 Å². The second kappa shape index (κ2) is 4.26. The highest BCUT2D eigenvalue weighted by Crippen LogP contribution is 2.43. The molecule has 16 heavy (non-hydrogen) atoms. The minimum atomic E-state index is 0. The fraction of sp³-hybridized carbons (Fsp3) is 0.500. The van der Waals surface area contributed by atoms with E-state index in [0.717, 1.165) is 31.4 Å². The average Bonchev–Trinajstić information content (AvgIpc) is 2.71. The summed E-state index contributed by atoms with van der Waals surface area (Å²) in [5.74, 6) is 0.635. The van der Waals surface area contributed by atoms with E-state index in [-0.39, 0.29) is 28.5 Å². The standard InChI is InChI=1S/C12H15NO2.BrH/c14-11-4-2-7-8-5-6-13-10(8)3-1-9(7)12(11)15;/h2,4,8,10,13-15H,1,3,5-6H2;1H/t8-,10+;/m1./s1. The molecule has 0 unspecified atom stereocenters. The Morgan fingerprint density at radius 3 is 2.81 bits per heavy atom. The van der Waals surface area contributed by atoms with Crippen molar-refractivity contribution in [3.63, 3.8) is 0 Å². The van der Waals surface area contributed by atoms with Gasteiger partial charge < -0.3 is 15.5 Å². The van der Waals surface area contributed by atoms with E-state index >= 15 is 0 Å². The van der Waals surface area contributed by atoms with E-state index in [2.05, 4.69) is 5.32 Å². The highest BCUT2D eigenvalue weighted by Gasteiger charge is 2.34. The van der Waals surface area contributed by atoms with Crippen LogP contribution in [-0.4, -0.2) is 22.8 Å². The molecule has 2 atom stereocenters. The Hall–Kier alpha value is -0.740. The molecule has 1 aromatic carbocycles. The van der Waals surface area contributed by atoms with Crippen LogP contribution in [0.4, 0.5) is 0 Å². The second-order valence-corrected chi connectivity index (χ2v) is 4.50. The van der Waals surface area contributed by atoms with Gasteiger partial charge in [0.2, 0.25) is 0 Å².